The lowest BCUT2D eigenvalue weighted by Gasteiger charge is -2.28. The first kappa shape index (κ1) is 21.2. The number of nitrogens with zero attached hydrogens (tertiary/aromatic N) is 2. The summed E-state index contributed by atoms with van der Waals surface area (Å²) in [5.74, 6) is -0.0643. The molecule has 178 valence electrons. The number of amides is 2. The molecule has 0 spiro atoms. The summed E-state index contributed by atoms with van der Waals surface area (Å²) >= 11 is 0. The Hall–Kier alpha value is -3.36. The summed E-state index contributed by atoms with van der Waals surface area (Å²) in [5, 5.41) is 2.85. The molecule has 4 aliphatic rings. The molecule has 34 heavy (non-hydrogen) atoms. The molecule has 4 heterocycles. The van der Waals surface area contributed by atoms with E-state index in [9.17, 15) is 9.59 Å². The van der Waals surface area contributed by atoms with Gasteiger partial charge in [-0.3, -0.25) is 9.59 Å². The zero-order valence-corrected chi connectivity index (χ0v) is 18.9. The molecule has 0 unspecified atom stereocenters. The van der Waals surface area contributed by atoms with Crippen LogP contribution in [0, 0.1) is 12.7 Å². The fraction of sp³-hybridized carbons (Fsp3) is 0.480. The highest BCUT2D eigenvalue weighted by atomic mass is 19.1. The predicted octanol–water partition coefficient (Wildman–Crippen LogP) is 3.40. The van der Waals surface area contributed by atoms with Gasteiger partial charge in [-0.05, 0) is 49.8 Å². The van der Waals surface area contributed by atoms with E-state index in [0.717, 1.165) is 24.8 Å². The molecule has 8 nitrogen and oxygen atoms in total. The Kier molecular flexibility index (Phi) is 5.08. The largest absolute Gasteiger partial charge is 0.490 e. The average Bonchev–Trinajstić information content (AvgIpc) is 3.14. The molecule has 1 saturated carbocycles. The number of carbonyl (C=O) groups excluding carboxylic acids is 2. The van der Waals surface area contributed by atoms with Crippen molar-refractivity contribution in [2.45, 2.75) is 63.7 Å². The minimum atomic E-state index is -0.506. The summed E-state index contributed by atoms with van der Waals surface area (Å²) in [5.41, 5.74) is 2.25. The van der Waals surface area contributed by atoms with Crippen molar-refractivity contribution in [3.05, 3.63) is 40.8 Å². The van der Waals surface area contributed by atoms with Crippen LogP contribution in [0.25, 0.3) is 0 Å². The lowest BCUT2D eigenvalue weighted by Crippen LogP contribution is -2.37. The van der Waals surface area contributed by atoms with Crippen LogP contribution in [0.5, 0.6) is 17.4 Å². The number of carbonyl (C=O) groups is 2. The van der Waals surface area contributed by atoms with Crippen LogP contribution in [0.3, 0.4) is 0 Å². The molecule has 6 rings (SSSR count). The topological polar surface area (TPSA) is 90.0 Å². The zero-order valence-electron chi connectivity index (χ0n) is 18.9. The fourth-order valence-electron chi connectivity index (χ4n) is 4.99. The quantitative estimate of drug-likeness (QED) is 0.741. The van der Waals surface area contributed by atoms with Crippen molar-refractivity contribution in [2.24, 2.45) is 0 Å². The molecule has 0 bridgehead atoms. The summed E-state index contributed by atoms with van der Waals surface area (Å²) in [4.78, 5) is 31.4. The van der Waals surface area contributed by atoms with Crippen LogP contribution in [-0.2, 0) is 11.2 Å². The van der Waals surface area contributed by atoms with Crippen molar-refractivity contribution in [1.29, 1.82) is 0 Å². The fourth-order valence-corrected chi connectivity index (χ4v) is 4.99. The highest BCUT2D eigenvalue weighted by Gasteiger charge is 2.43. The van der Waals surface area contributed by atoms with E-state index in [-0.39, 0.29) is 41.4 Å². The van der Waals surface area contributed by atoms with Gasteiger partial charge in [0.25, 0.3) is 5.91 Å². The van der Waals surface area contributed by atoms with Crippen LogP contribution in [-0.4, -0.2) is 53.1 Å². The van der Waals surface area contributed by atoms with Gasteiger partial charge in [-0.25, -0.2) is 9.37 Å². The maximum atomic E-state index is 15.1. The smallest absolute Gasteiger partial charge is 0.262 e. The maximum Gasteiger partial charge on any atom is 0.262 e. The van der Waals surface area contributed by atoms with Gasteiger partial charge in [0, 0.05) is 25.1 Å². The van der Waals surface area contributed by atoms with Crippen LogP contribution < -0.4 is 19.5 Å². The van der Waals surface area contributed by atoms with Gasteiger partial charge in [-0.15, -0.1) is 0 Å². The highest BCUT2D eigenvalue weighted by Crippen LogP contribution is 2.41. The number of anilines is 1. The van der Waals surface area contributed by atoms with Crippen molar-refractivity contribution in [1.82, 2.24) is 9.88 Å². The molecule has 3 aliphatic heterocycles. The first-order chi connectivity index (χ1) is 16.5. The average molecular weight is 467 g/mol. The molecule has 1 saturated heterocycles. The Balaban J connectivity index is 1.24. The second-order valence-corrected chi connectivity index (χ2v) is 9.51. The summed E-state index contributed by atoms with van der Waals surface area (Å²) in [7, 11) is 0. The summed E-state index contributed by atoms with van der Waals surface area (Å²) in [6, 6.07) is 3.10. The lowest BCUT2D eigenvalue weighted by molar-refractivity contribution is -0.116. The van der Waals surface area contributed by atoms with E-state index in [1.165, 1.54) is 0 Å². The van der Waals surface area contributed by atoms with Crippen LogP contribution in [0.2, 0.25) is 0 Å². The molecular weight excluding hydrogens is 441 g/mol. The van der Waals surface area contributed by atoms with E-state index in [4.69, 9.17) is 14.2 Å². The molecule has 2 fully saturated rings. The van der Waals surface area contributed by atoms with Crippen LogP contribution in [0.1, 0.15) is 53.6 Å². The Bertz CT molecular complexity index is 1180. The van der Waals surface area contributed by atoms with Gasteiger partial charge in [-0.1, -0.05) is 0 Å². The third-order valence-electron chi connectivity index (χ3n) is 7.13. The van der Waals surface area contributed by atoms with E-state index in [1.807, 2.05) is 0 Å². The number of ether oxygens (including phenoxy) is 3. The number of aromatic nitrogens is 1. The second-order valence-electron chi connectivity index (χ2n) is 9.51. The SMILES string of the molecule is Cc1cc2c(c(OC3CCC3)c1F)C(=O)N1C[C@@H](Oc3cc4c(cn3)CCC(=O)N4)C[C@@H]1CO2. The number of hydrogen-bond donors (Lipinski definition) is 1. The monoisotopic (exact) mass is 467 g/mol. The van der Waals surface area contributed by atoms with Gasteiger partial charge in [0.05, 0.1) is 24.4 Å². The number of pyridine rings is 1. The first-order valence-corrected chi connectivity index (χ1v) is 11.8. The second kappa shape index (κ2) is 8.14. The van der Waals surface area contributed by atoms with E-state index < -0.39 is 5.82 Å². The third kappa shape index (κ3) is 3.63. The standard InChI is InChI=1S/C25H26FN3O5/c1-13-7-19-22(24(23(13)26)34-16-3-2-4-16)25(31)29-11-17(8-15(29)12-32-19)33-21-9-18-14(10-27-21)5-6-20(30)28-18/h7,9-10,15-17H,2-6,8,11-12H2,1H3,(H,28,30)/t15-,17+/m1/s1. The van der Waals surface area contributed by atoms with Crippen molar-refractivity contribution in [3.63, 3.8) is 0 Å². The summed E-state index contributed by atoms with van der Waals surface area (Å²) in [6.07, 6.45) is 5.76. The summed E-state index contributed by atoms with van der Waals surface area (Å²) < 4.78 is 33.1. The Morgan fingerprint density at radius 1 is 1.18 bits per heavy atom. The van der Waals surface area contributed by atoms with Gasteiger partial charge in [-0.2, -0.15) is 0 Å². The minimum Gasteiger partial charge on any atom is -0.490 e. The molecule has 9 heteroatoms. The molecule has 1 aliphatic carbocycles. The maximum absolute atomic E-state index is 15.1. The number of nitrogens with one attached hydrogen (secondary N) is 1. The Morgan fingerprint density at radius 3 is 2.82 bits per heavy atom. The van der Waals surface area contributed by atoms with Crippen LogP contribution in [0.4, 0.5) is 10.1 Å². The van der Waals surface area contributed by atoms with E-state index in [2.05, 4.69) is 10.3 Å². The highest BCUT2D eigenvalue weighted by molar-refractivity contribution is 6.00. The lowest BCUT2D eigenvalue weighted by atomic mass is 9.96. The normalized spacial score (nSPS) is 23.6. The van der Waals surface area contributed by atoms with Gasteiger partial charge >= 0.3 is 0 Å². The van der Waals surface area contributed by atoms with E-state index in [1.54, 1.807) is 30.2 Å². The zero-order chi connectivity index (χ0) is 23.4. The third-order valence-corrected chi connectivity index (χ3v) is 7.13. The van der Waals surface area contributed by atoms with E-state index >= 15 is 4.39 Å². The number of benzene rings is 1. The van der Waals surface area contributed by atoms with E-state index in [0.29, 0.717) is 55.3 Å². The van der Waals surface area contributed by atoms with Gasteiger partial charge in [0.15, 0.2) is 11.6 Å². The van der Waals surface area contributed by atoms with Crippen LogP contribution in [0.15, 0.2) is 18.3 Å². The Labute approximate surface area is 196 Å². The molecule has 2 amide bonds. The molecule has 1 aromatic carbocycles. The first-order valence-electron chi connectivity index (χ1n) is 11.8. The number of rotatable bonds is 4. The molecule has 2 aromatic rings. The predicted molar refractivity (Wildman–Crippen MR) is 120 cm³/mol. The Morgan fingerprint density at radius 2 is 2.03 bits per heavy atom. The van der Waals surface area contributed by atoms with Crippen molar-refractivity contribution < 1.29 is 28.2 Å². The number of fused-ring (bicyclic) bond motifs is 3. The number of aryl methyl sites for hydroxylation is 2. The van der Waals surface area contributed by atoms with Crippen molar-refractivity contribution in [3.8, 4) is 17.4 Å². The minimum absolute atomic E-state index is 0.00168. The molecular formula is C25H26FN3O5. The molecule has 1 aromatic heterocycles. The number of hydrogen-bond acceptors (Lipinski definition) is 6. The van der Waals surface area contributed by atoms with Gasteiger partial charge < -0.3 is 24.4 Å². The van der Waals surface area contributed by atoms with Gasteiger partial charge in [0.2, 0.25) is 11.8 Å². The molecule has 0 radical (unpaired) electrons. The van der Waals surface area contributed by atoms with Gasteiger partial charge in [0.1, 0.15) is 24.0 Å². The number of halogens is 1. The van der Waals surface area contributed by atoms with Crippen molar-refractivity contribution >= 4 is 17.5 Å². The summed E-state index contributed by atoms with van der Waals surface area (Å²) in [6.45, 7) is 2.27. The van der Waals surface area contributed by atoms with Crippen LogP contribution >= 0.6 is 0 Å². The molecule has 1 N–H and O–H groups in total. The molecule has 2 atom stereocenters. The van der Waals surface area contributed by atoms with Crippen molar-refractivity contribution in [2.75, 3.05) is 18.5 Å².